The minimum Gasteiger partial charge on any atom is -0.497 e. The maximum absolute atomic E-state index is 11.8. The van der Waals surface area contributed by atoms with Gasteiger partial charge in [-0.15, -0.1) is 0 Å². The Morgan fingerprint density at radius 2 is 1.96 bits per heavy atom. The first-order valence-electron chi connectivity index (χ1n) is 9.55. The average molecular weight is 382 g/mol. The molecule has 2 aliphatic rings. The van der Waals surface area contributed by atoms with Gasteiger partial charge in [-0.1, -0.05) is 12.1 Å². The zero-order valence-corrected chi connectivity index (χ0v) is 15.9. The van der Waals surface area contributed by atoms with Gasteiger partial charge in [-0.25, -0.2) is 0 Å². The molecule has 2 aromatic rings. The Morgan fingerprint density at radius 1 is 1.18 bits per heavy atom. The van der Waals surface area contributed by atoms with E-state index < -0.39 is 10.6 Å². The highest BCUT2D eigenvalue weighted by Crippen LogP contribution is 2.39. The molecular formula is C21H24N3O4+. The number of rotatable bonds is 4. The Labute approximate surface area is 163 Å². The van der Waals surface area contributed by atoms with Crippen molar-refractivity contribution >= 4 is 17.2 Å². The number of benzene rings is 2. The first kappa shape index (κ1) is 18.4. The van der Waals surface area contributed by atoms with Crippen molar-refractivity contribution < 1.29 is 19.3 Å². The molecule has 2 aromatic carbocycles. The Kier molecular flexibility index (Phi) is 4.77. The van der Waals surface area contributed by atoms with Crippen LogP contribution in [-0.2, 0) is 5.72 Å². The van der Waals surface area contributed by atoms with E-state index in [4.69, 9.17) is 4.74 Å². The molecule has 7 nitrogen and oxygen atoms in total. The summed E-state index contributed by atoms with van der Waals surface area (Å²) in [6.45, 7) is 1.26. The molecule has 0 saturated heterocycles. The molecule has 4 rings (SSSR count). The summed E-state index contributed by atoms with van der Waals surface area (Å²) in [5.41, 5.74) is -0.0206. The van der Waals surface area contributed by atoms with Gasteiger partial charge in [0.15, 0.2) is 6.54 Å². The molecule has 0 aromatic heterocycles. The molecule has 2 heterocycles. The van der Waals surface area contributed by atoms with Crippen molar-refractivity contribution in [1.29, 1.82) is 0 Å². The third-order valence-corrected chi connectivity index (χ3v) is 5.58. The number of nitro groups is 1. The fourth-order valence-electron chi connectivity index (χ4n) is 4.21. The molecular weight excluding hydrogens is 358 g/mol. The fraction of sp³-hybridized carbons (Fsp3) is 0.381. The monoisotopic (exact) mass is 382 g/mol. The topological polar surface area (TPSA) is 78.8 Å². The number of methoxy groups -OCH3 is 1. The van der Waals surface area contributed by atoms with Gasteiger partial charge in [0.1, 0.15) is 11.4 Å². The molecule has 0 aliphatic carbocycles. The molecule has 1 atom stereocenters. The maximum atomic E-state index is 11.8. The summed E-state index contributed by atoms with van der Waals surface area (Å²) in [4.78, 5) is 12.8. The molecule has 0 spiro atoms. The van der Waals surface area contributed by atoms with Gasteiger partial charge in [-0.2, -0.15) is 4.90 Å². The normalized spacial score (nSPS) is 22.0. The highest BCUT2D eigenvalue weighted by molar-refractivity contribution is 5.97. The van der Waals surface area contributed by atoms with E-state index in [1.807, 2.05) is 29.2 Å². The summed E-state index contributed by atoms with van der Waals surface area (Å²) in [6.07, 6.45) is 4.16. The summed E-state index contributed by atoms with van der Waals surface area (Å²) in [5.74, 6) is 1.81. The van der Waals surface area contributed by atoms with Crippen molar-refractivity contribution in [2.24, 2.45) is 0 Å². The van der Waals surface area contributed by atoms with E-state index in [1.165, 1.54) is 12.1 Å². The number of hydrogen-bond donors (Lipinski definition) is 1. The number of aliphatic hydroxyl groups is 1. The van der Waals surface area contributed by atoms with Crippen molar-refractivity contribution in [3.63, 3.8) is 0 Å². The standard InChI is InChI=1S/C21H24N3O4/c1-28-19-11-9-17(10-12-19)23-20-8-3-2-4-13-22(20)15-21(23,25)16-6-5-7-18(14-16)24(26)27/h5-7,9-12,14,25H,2-4,8,13,15H2,1H3/q+1. The van der Waals surface area contributed by atoms with Crippen molar-refractivity contribution in [3.8, 4) is 5.75 Å². The molecule has 0 bridgehead atoms. The lowest BCUT2D eigenvalue weighted by Gasteiger charge is -2.29. The fourth-order valence-corrected chi connectivity index (χ4v) is 4.21. The molecule has 1 N–H and O–H groups in total. The second-order valence-corrected chi connectivity index (χ2v) is 7.31. The quantitative estimate of drug-likeness (QED) is 0.499. The number of hydrogen-bond acceptors (Lipinski definition) is 5. The van der Waals surface area contributed by atoms with Gasteiger partial charge >= 0.3 is 0 Å². The Bertz CT molecular complexity index is 926. The van der Waals surface area contributed by atoms with Crippen LogP contribution >= 0.6 is 0 Å². The number of nitrogens with zero attached hydrogens (tertiary/aromatic N) is 3. The van der Waals surface area contributed by atoms with Gasteiger partial charge in [-0.05, 0) is 43.5 Å². The highest BCUT2D eigenvalue weighted by Gasteiger charge is 2.54. The molecule has 0 saturated carbocycles. The highest BCUT2D eigenvalue weighted by atomic mass is 16.6. The van der Waals surface area contributed by atoms with Crippen LogP contribution in [0.4, 0.5) is 11.4 Å². The molecule has 2 aliphatic heterocycles. The van der Waals surface area contributed by atoms with Crippen molar-refractivity contribution in [2.75, 3.05) is 25.1 Å². The van der Waals surface area contributed by atoms with E-state index in [1.54, 1.807) is 19.2 Å². The van der Waals surface area contributed by atoms with Crippen LogP contribution in [0.2, 0.25) is 0 Å². The number of amidine groups is 1. The van der Waals surface area contributed by atoms with Crippen LogP contribution < -0.4 is 9.64 Å². The van der Waals surface area contributed by atoms with Crippen LogP contribution in [0.3, 0.4) is 0 Å². The van der Waals surface area contributed by atoms with E-state index in [0.29, 0.717) is 12.1 Å². The summed E-state index contributed by atoms with van der Waals surface area (Å²) >= 11 is 0. The molecule has 0 amide bonds. The summed E-state index contributed by atoms with van der Waals surface area (Å²) < 4.78 is 7.48. The zero-order valence-electron chi connectivity index (χ0n) is 15.9. The van der Waals surface area contributed by atoms with Gasteiger partial charge in [0.25, 0.3) is 17.2 Å². The van der Waals surface area contributed by atoms with Crippen molar-refractivity contribution in [2.45, 2.75) is 31.4 Å². The molecule has 0 radical (unpaired) electrons. The first-order chi connectivity index (χ1) is 13.5. The van der Waals surface area contributed by atoms with Crippen LogP contribution in [0.5, 0.6) is 5.75 Å². The average Bonchev–Trinajstić information content (AvgIpc) is 2.84. The molecule has 146 valence electrons. The summed E-state index contributed by atoms with van der Waals surface area (Å²) in [6, 6.07) is 13.9. The van der Waals surface area contributed by atoms with Crippen LogP contribution in [0.1, 0.15) is 31.2 Å². The maximum Gasteiger partial charge on any atom is 0.275 e. The van der Waals surface area contributed by atoms with E-state index in [0.717, 1.165) is 49.5 Å². The molecule has 28 heavy (non-hydrogen) atoms. The second kappa shape index (κ2) is 7.24. The zero-order chi connectivity index (χ0) is 19.7. The molecule has 7 heteroatoms. The van der Waals surface area contributed by atoms with Crippen LogP contribution in [0.15, 0.2) is 48.5 Å². The number of anilines is 1. The Morgan fingerprint density at radius 3 is 2.68 bits per heavy atom. The largest absolute Gasteiger partial charge is 0.497 e. The molecule has 1 unspecified atom stereocenters. The smallest absolute Gasteiger partial charge is 0.275 e. The van der Waals surface area contributed by atoms with Crippen molar-refractivity contribution in [1.82, 2.24) is 0 Å². The summed E-state index contributed by atoms with van der Waals surface area (Å²) in [5, 5.41) is 23.1. The van der Waals surface area contributed by atoms with E-state index in [9.17, 15) is 15.2 Å². The van der Waals surface area contributed by atoms with Crippen LogP contribution in [0, 0.1) is 10.1 Å². The number of ether oxygens (including phenoxy) is 1. The lowest BCUT2D eigenvalue weighted by atomic mass is 9.99. The van der Waals surface area contributed by atoms with Gasteiger partial charge in [0, 0.05) is 24.1 Å². The predicted octanol–water partition coefficient (Wildman–Crippen LogP) is 3.25. The second-order valence-electron chi connectivity index (χ2n) is 7.31. The minimum atomic E-state index is -1.37. The first-order valence-corrected chi connectivity index (χ1v) is 9.55. The van der Waals surface area contributed by atoms with Gasteiger partial charge in [0.2, 0.25) is 0 Å². The van der Waals surface area contributed by atoms with Crippen LogP contribution in [-0.4, -0.2) is 40.6 Å². The third-order valence-electron chi connectivity index (χ3n) is 5.58. The SMILES string of the molecule is COc1ccc(N2C3=[N+](CCCCC3)CC2(O)c2cccc([N+](=O)[O-])c2)cc1. The van der Waals surface area contributed by atoms with Gasteiger partial charge < -0.3 is 9.84 Å². The van der Waals surface area contributed by atoms with Crippen LogP contribution in [0.25, 0.3) is 0 Å². The van der Waals surface area contributed by atoms with E-state index >= 15 is 0 Å². The number of non-ortho nitro benzene ring substituents is 1. The summed E-state index contributed by atoms with van der Waals surface area (Å²) in [7, 11) is 1.62. The third kappa shape index (κ3) is 3.11. The Balaban J connectivity index is 1.83. The minimum absolute atomic E-state index is 0.0206. The van der Waals surface area contributed by atoms with Crippen molar-refractivity contribution in [3.05, 3.63) is 64.2 Å². The molecule has 0 fully saturated rings. The number of nitro benzene ring substituents is 1. The lowest BCUT2D eigenvalue weighted by Crippen LogP contribution is -2.47. The Hall–Kier alpha value is -2.93. The predicted molar refractivity (Wildman–Crippen MR) is 106 cm³/mol. The van der Waals surface area contributed by atoms with E-state index in [2.05, 4.69) is 4.58 Å². The van der Waals surface area contributed by atoms with Gasteiger partial charge in [-0.3, -0.25) is 14.7 Å². The van der Waals surface area contributed by atoms with E-state index in [-0.39, 0.29) is 5.69 Å². The van der Waals surface area contributed by atoms with Gasteiger partial charge in [0.05, 0.1) is 18.6 Å². The lowest BCUT2D eigenvalue weighted by molar-refractivity contribution is -0.534.